The van der Waals surface area contributed by atoms with Gasteiger partial charge in [-0.25, -0.2) is 0 Å². The molecule has 0 heterocycles. The zero-order chi connectivity index (χ0) is 17.7. The fourth-order valence-corrected chi connectivity index (χ4v) is 3.84. The summed E-state index contributed by atoms with van der Waals surface area (Å²) in [7, 11) is 1.57. The van der Waals surface area contributed by atoms with Gasteiger partial charge in [0, 0.05) is 13.7 Å². The monoisotopic (exact) mass is 341 g/mol. The van der Waals surface area contributed by atoms with E-state index in [2.05, 4.69) is 0 Å². The molecule has 0 spiro atoms. The highest BCUT2D eigenvalue weighted by atomic mass is 19.4. The molecule has 0 amide bonds. The van der Waals surface area contributed by atoms with E-state index < -0.39 is 17.0 Å². The van der Waals surface area contributed by atoms with Gasteiger partial charge in [-0.1, -0.05) is 42.5 Å². The summed E-state index contributed by atoms with van der Waals surface area (Å²) in [5.41, 5.74) is 4.14. The van der Waals surface area contributed by atoms with Crippen LogP contribution in [0.1, 0.15) is 31.2 Å². The molecule has 0 radical (unpaired) electrons. The molecule has 0 saturated carbocycles. The average molecular weight is 341 g/mol. The van der Waals surface area contributed by atoms with Crippen molar-refractivity contribution in [3.05, 3.63) is 48.0 Å². The second kappa shape index (κ2) is 7.70. The van der Waals surface area contributed by atoms with Crippen LogP contribution in [0.15, 0.2) is 42.5 Å². The molecule has 0 aromatic heterocycles. The fourth-order valence-electron chi connectivity index (χ4n) is 3.84. The van der Waals surface area contributed by atoms with Crippen LogP contribution in [0.2, 0.25) is 0 Å². The van der Waals surface area contributed by atoms with Gasteiger partial charge in [0.1, 0.15) is 0 Å². The molecule has 5 heteroatoms. The van der Waals surface area contributed by atoms with Crippen molar-refractivity contribution < 1.29 is 17.9 Å². The van der Waals surface area contributed by atoms with E-state index in [-0.39, 0.29) is 19.3 Å². The molecule has 0 fully saturated rings. The molecule has 1 aliphatic rings. The van der Waals surface area contributed by atoms with Crippen molar-refractivity contribution >= 4 is 0 Å². The second-order valence-corrected chi connectivity index (χ2v) is 6.87. The van der Waals surface area contributed by atoms with Gasteiger partial charge in [0.05, 0.1) is 5.41 Å². The molecular formula is C19H26F3NO. The van der Waals surface area contributed by atoms with Crippen molar-refractivity contribution in [2.24, 2.45) is 16.6 Å². The minimum Gasteiger partial charge on any atom is -0.385 e. The van der Waals surface area contributed by atoms with Crippen molar-refractivity contribution in [1.82, 2.24) is 0 Å². The first-order chi connectivity index (χ1) is 11.4. The zero-order valence-electron chi connectivity index (χ0n) is 14.1. The zero-order valence-corrected chi connectivity index (χ0v) is 14.1. The van der Waals surface area contributed by atoms with Gasteiger partial charge in [-0.3, -0.25) is 0 Å². The predicted molar refractivity (Wildman–Crippen MR) is 89.6 cm³/mol. The third-order valence-electron chi connectivity index (χ3n) is 5.10. The molecule has 2 unspecified atom stereocenters. The molecule has 2 rings (SSSR count). The predicted octanol–water partition coefficient (Wildman–Crippen LogP) is 4.50. The van der Waals surface area contributed by atoms with Gasteiger partial charge >= 0.3 is 6.18 Å². The number of rotatable bonds is 7. The lowest BCUT2D eigenvalue weighted by Crippen LogP contribution is -2.46. The Balaban J connectivity index is 2.35. The molecule has 2 atom stereocenters. The van der Waals surface area contributed by atoms with E-state index in [0.717, 1.165) is 5.56 Å². The molecule has 0 bridgehead atoms. The molecule has 1 aromatic rings. The summed E-state index contributed by atoms with van der Waals surface area (Å²) in [6, 6.07) is 8.94. The maximum Gasteiger partial charge on any atom is 0.395 e. The minimum absolute atomic E-state index is 0.000976. The quantitative estimate of drug-likeness (QED) is 0.741. The van der Waals surface area contributed by atoms with E-state index in [1.54, 1.807) is 37.5 Å². The number of benzene rings is 1. The number of ether oxygens (including phenoxy) is 1. The molecule has 134 valence electrons. The van der Waals surface area contributed by atoms with Crippen molar-refractivity contribution in [3.63, 3.8) is 0 Å². The highest BCUT2D eigenvalue weighted by Gasteiger charge is 2.57. The molecule has 2 N–H and O–H groups in total. The minimum atomic E-state index is -4.26. The normalized spacial score (nSPS) is 27.4. The Bertz CT molecular complexity index is 543. The van der Waals surface area contributed by atoms with Crippen LogP contribution in [0.4, 0.5) is 13.2 Å². The van der Waals surface area contributed by atoms with Crippen LogP contribution in [0.5, 0.6) is 0 Å². The van der Waals surface area contributed by atoms with Crippen LogP contribution in [0.25, 0.3) is 0 Å². The highest BCUT2D eigenvalue weighted by molar-refractivity contribution is 5.21. The Morgan fingerprint density at radius 1 is 1.17 bits per heavy atom. The molecule has 0 saturated heterocycles. The summed E-state index contributed by atoms with van der Waals surface area (Å²) in [5.74, 6) is 0. The topological polar surface area (TPSA) is 35.2 Å². The lowest BCUT2D eigenvalue weighted by atomic mass is 9.60. The van der Waals surface area contributed by atoms with Crippen LogP contribution >= 0.6 is 0 Å². The SMILES string of the molecule is COCCC1(CCN)C=CCC(Cc2ccccc2)(C(F)(F)F)C1. The molecule has 2 nitrogen and oxygen atoms in total. The van der Waals surface area contributed by atoms with Crippen LogP contribution in [0.3, 0.4) is 0 Å². The largest absolute Gasteiger partial charge is 0.395 e. The maximum atomic E-state index is 14.1. The number of alkyl halides is 3. The fraction of sp³-hybridized carbons (Fsp3) is 0.579. The molecule has 24 heavy (non-hydrogen) atoms. The smallest absolute Gasteiger partial charge is 0.385 e. The van der Waals surface area contributed by atoms with Crippen molar-refractivity contribution in [3.8, 4) is 0 Å². The van der Waals surface area contributed by atoms with Gasteiger partial charge in [0.25, 0.3) is 0 Å². The summed E-state index contributed by atoms with van der Waals surface area (Å²) in [6.07, 6.45) is 0.560. The van der Waals surface area contributed by atoms with Crippen LogP contribution in [-0.2, 0) is 11.2 Å². The molecule has 0 aliphatic heterocycles. The lowest BCUT2D eigenvalue weighted by molar-refractivity contribution is -0.235. The number of nitrogens with two attached hydrogens (primary N) is 1. The van der Waals surface area contributed by atoms with Gasteiger partial charge in [-0.2, -0.15) is 13.2 Å². The van der Waals surface area contributed by atoms with Gasteiger partial charge in [-0.15, -0.1) is 0 Å². The van der Waals surface area contributed by atoms with E-state index in [4.69, 9.17) is 10.5 Å². The van der Waals surface area contributed by atoms with Crippen LogP contribution in [0, 0.1) is 10.8 Å². The number of methoxy groups -OCH3 is 1. The van der Waals surface area contributed by atoms with Crippen molar-refractivity contribution in [2.45, 2.75) is 38.3 Å². The summed E-state index contributed by atoms with van der Waals surface area (Å²) in [5, 5.41) is 0. The number of halogens is 3. The summed E-state index contributed by atoms with van der Waals surface area (Å²) in [6.45, 7) is 0.803. The summed E-state index contributed by atoms with van der Waals surface area (Å²) in [4.78, 5) is 0. The summed E-state index contributed by atoms with van der Waals surface area (Å²) >= 11 is 0. The van der Waals surface area contributed by atoms with E-state index in [9.17, 15) is 13.2 Å². The first-order valence-corrected chi connectivity index (χ1v) is 8.34. The van der Waals surface area contributed by atoms with Gasteiger partial charge in [0.2, 0.25) is 0 Å². The van der Waals surface area contributed by atoms with Gasteiger partial charge < -0.3 is 10.5 Å². The third kappa shape index (κ3) is 4.19. The Hall–Kier alpha value is -1.33. The summed E-state index contributed by atoms with van der Waals surface area (Å²) < 4.78 is 47.4. The van der Waals surface area contributed by atoms with Crippen LogP contribution in [-0.4, -0.2) is 26.4 Å². The molecule has 1 aromatic carbocycles. The average Bonchev–Trinajstić information content (AvgIpc) is 2.53. The number of allylic oxidation sites excluding steroid dienone is 2. The van der Waals surface area contributed by atoms with Crippen molar-refractivity contribution in [2.75, 3.05) is 20.3 Å². The Morgan fingerprint density at radius 3 is 2.46 bits per heavy atom. The maximum absolute atomic E-state index is 14.1. The lowest BCUT2D eigenvalue weighted by Gasteiger charge is -2.46. The first kappa shape index (κ1) is 19.0. The van der Waals surface area contributed by atoms with Gasteiger partial charge in [-0.05, 0) is 49.6 Å². The second-order valence-electron chi connectivity index (χ2n) is 6.87. The van der Waals surface area contributed by atoms with E-state index in [1.807, 2.05) is 12.1 Å². The van der Waals surface area contributed by atoms with Crippen LogP contribution < -0.4 is 5.73 Å². The van der Waals surface area contributed by atoms with E-state index >= 15 is 0 Å². The number of hydrogen-bond acceptors (Lipinski definition) is 2. The van der Waals surface area contributed by atoms with Crippen molar-refractivity contribution in [1.29, 1.82) is 0 Å². The standard InChI is InChI=1S/C19H26F3NO/c1-24-13-11-17(10-12-23)8-5-9-18(15-17,19(20,21)22)14-16-6-3-2-4-7-16/h2-8H,9-15,23H2,1H3. The van der Waals surface area contributed by atoms with Gasteiger partial charge in [0.15, 0.2) is 0 Å². The first-order valence-electron chi connectivity index (χ1n) is 8.34. The molecular weight excluding hydrogens is 315 g/mol. The Morgan fingerprint density at radius 2 is 1.88 bits per heavy atom. The number of hydrogen-bond donors (Lipinski definition) is 1. The Kier molecular flexibility index (Phi) is 6.10. The highest BCUT2D eigenvalue weighted by Crippen LogP contribution is 2.55. The van der Waals surface area contributed by atoms with E-state index in [1.165, 1.54) is 0 Å². The Labute approximate surface area is 141 Å². The third-order valence-corrected chi connectivity index (χ3v) is 5.10. The van der Waals surface area contributed by atoms with E-state index in [0.29, 0.717) is 26.0 Å². The molecule has 1 aliphatic carbocycles.